The zero-order valence-corrected chi connectivity index (χ0v) is 19.4. The number of esters is 1. The third-order valence-electron chi connectivity index (χ3n) is 5.45. The van der Waals surface area contributed by atoms with Gasteiger partial charge in [0.2, 0.25) is 0 Å². The van der Waals surface area contributed by atoms with Crippen LogP contribution in [-0.2, 0) is 14.3 Å². The van der Waals surface area contributed by atoms with Crippen molar-refractivity contribution in [1.82, 2.24) is 5.32 Å². The van der Waals surface area contributed by atoms with Crippen LogP contribution in [0.25, 0.3) is 0 Å². The van der Waals surface area contributed by atoms with Gasteiger partial charge >= 0.3 is 11.9 Å². The van der Waals surface area contributed by atoms with Gasteiger partial charge in [0.25, 0.3) is 5.91 Å². The highest BCUT2D eigenvalue weighted by Gasteiger charge is 2.21. The van der Waals surface area contributed by atoms with E-state index in [1.54, 1.807) is 45.9 Å². The first-order valence-electron chi connectivity index (χ1n) is 11.1. The maximum atomic E-state index is 12.5. The summed E-state index contributed by atoms with van der Waals surface area (Å²) in [5.41, 5.74) is 2.01. The van der Waals surface area contributed by atoms with E-state index in [1.165, 1.54) is 18.6 Å². The van der Waals surface area contributed by atoms with Gasteiger partial charge in [0, 0.05) is 12.2 Å². The summed E-state index contributed by atoms with van der Waals surface area (Å²) in [6.07, 6.45) is 3.03. The van der Waals surface area contributed by atoms with Crippen molar-refractivity contribution in [2.24, 2.45) is 5.92 Å². The Kier molecular flexibility index (Phi) is 7.58. The lowest BCUT2D eigenvalue weighted by Crippen LogP contribution is -2.32. The van der Waals surface area contributed by atoms with Crippen molar-refractivity contribution in [2.45, 2.75) is 53.1 Å². The quantitative estimate of drug-likeness (QED) is 0.426. The van der Waals surface area contributed by atoms with Gasteiger partial charge in [0.1, 0.15) is 17.2 Å². The predicted molar refractivity (Wildman–Crippen MR) is 124 cm³/mol. The Bertz CT molecular complexity index is 1040. The van der Waals surface area contributed by atoms with Crippen molar-refractivity contribution < 1.29 is 29.0 Å². The van der Waals surface area contributed by atoms with E-state index >= 15 is 0 Å². The third kappa shape index (κ3) is 6.25. The maximum Gasteiger partial charge on any atom is 0.397 e. The molecule has 1 aliphatic carbocycles. The zero-order valence-electron chi connectivity index (χ0n) is 19.4. The third-order valence-corrected chi connectivity index (χ3v) is 5.45. The van der Waals surface area contributed by atoms with E-state index < -0.39 is 18.0 Å². The summed E-state index contributed by atoms with van der Waals surface area (Å²) in [6.45, 7) is 7.53. The fourth-order valence-corrected chi connectivity index (χ4v) is 3.54. The number of ether oxygens (including phenoxy) is 2. The molecule has 0 saturated heterocycles. The zero-order chi connectivity index (χ0) is 24.1. The van der Waals surface area contributed by atoms with E-state index in [0.717, 1.165) is 12.8 Å². The minimum Gasteiger partial charge on any atom is -0.507 e. The highest BCUT2D eigenvalue weighted by atomic mass is 16.5. The van der Waals surface area contributed by atoms with Crippen LogP contribution in [0.2, 0.25) is 0 Å². The summed E-state index contributed by atoms with van der Waals surface area (Å²) in [5, 5.41) is 15.5. The summed E-state index contributed by atoms with van der Waals surface area (Å²) in [6, 6.07) is 7.86. The molecule has 1 fully saturated rings. The second-order valence-electron chi connectivity index (χ2n) is 8.64. The summed E-state index contributed by atoms with van der Waals surface area (Å²) in [5.74, 6) is -0.820. The number of carbonyl (C=O) groups is 3. The number of benzene rings is 2. The first-order chi connectivity index (χ1) is 15.6. The van der Waals surface area contributed by atoms with Crippen LogP contribution in [-0.4, -0.2) is 35.5 Å². The van der Waals surface area contributed by atoms with Crippen LogP contribution in [0.3, 0.4) is 0 Å². The molecule has 0 heterocycles. The molecule has 1 aliphatic rings. The largest absolute Gasteiger partial charge is 0.507 e. The maximum absolute atomic E-state index is 12.5. The van der Waals surface area contributed by atoms with Gasteiger partial charge in [-0.1, -0.05) is 6.42 Å². The smallest absolute Gasteiger partial charge is 0.397 e. The van der Waals surface area contributed by atoms with Crippen molar-refractivity contribution in [3.63, 3.8) is 0 Å². The Morgan fingerprint density at radius 2 is 1.76 bits per heavy atom. The van der Waals surface area contributed by atoms with E-state index in [-0.39, 0.29) is 17.2 Å². The van der Waals surface area contributed by atoms with E-state index in [4.69, 9.17) is 9.47 Å². The molecule has 0 aromatic heterocycles. The van der Waals surface area contributed by atoms with E-state index in [0.29, 0.717) is 40.8 Å². The molecule has 3 N–H and O–H groups in total. The molecule has 0 atom stereocenters. The number of hydrogen-bond donors (Lipinski definition) is 3. The van der Waals surface area contributed by atoms with Gasteiger partial charge in [-0.15, -0.1) is 0 Å². The molecule has 33 heavy (non-hydrogen) atoms. The lowest BCUT2D eigenvalue weighted by molar-refractivity contribution is -0.155. The highest BCUT2D eigenvalue weighted by Crippen LogP contribution is 2.33. The number of rotatable bonds is 7. The number of aromatic hydroxyl groups is 1. The van der Waals surface area contributed by atoms with Crippen molar-refractivity contribution >= 4 is 23.5 Å². The SMILES string of the molecule is Cc1cc(NC(=O)C(=O)OC(C)C)cc(C)c1Oc1ccc(O)c(C(=O)NCC2CCC2)c1. The van der Waals surface area contributed by atoms with Crippen molar-refractivity contribution in [3.8, 4) is 17.2 Å². The van der Waals surface area contributed by atoms with E-state index in [1.807, 2.05) is 0 Å². The van der Waals surface area contributed by atoms with Crippen molar-refractivity contribution in [1.29, 1.82) is 0 Å². The molecule has 0 spiro atoms. The number of nitrogens with one attached hydrogen (secondary N) is 2. The molecule has 8 heteroatoms. The molecule has 2 aromatic carbocycles. The van der Waals surface area contributed by atoms with Crippen LogP contribution < -0.4 is 15.4 Å². The minimum absolute atomic E-state index is 0.117. The standard InChI is InChI=1S/C25H30N2O6/c1-14(2)32-25(31)24(30)27-18-10-15(3)22(16(4)11-18)33-19-8-9-21(28)20(12-19)23(29)26-13-17-6-5-7-17/h8-12,14,17,28H,5-7,13H2,1-4H3,(H,26,29)(H,27,30). The van der Waals surface area contributed by atoms with Crippen LogP contribution >= 0.6 is 0 Å². The number of anilines is 1. The van der Waals surface area contributed by atoms with Crippen molar-refractivity contribution in [3.05, 3.63) is 47.0 Å². The molecule has 0 aliphatic heterocycles. The molecule has 0 bridgehead atoms. The fraction of sp³-hybridized carbons (Fsp3) is 0.400. The number of aryl methyl sites for hydroxylation is 2. The number of hydrogen-bond acceptors (Lipinski definition) is 6. The lowest BCUT2D eigenvalue weighted by Gasteiger charge is -2.25. The van der Waals surface area contributed by atoms with Gasteiger partial charge in [0.15, 0.2) is 0 Å². The Balaban J connectivity index is 1.71. The van der Waals surface area contributed by atoms with Crippen LogP contribution in [0.15, 0.2) is 30.3 Å². The molecule has 8 nitrogen and oxygen atoms in total. The molecule has 0 radical (unpaired) electrons. The Labute approximate surface area is 193 Å². The number of amides is 2. The second-order valence-corrected chi connectivity index (χ2v) is 8.64. The Morgan fingerprint density at radius 1 is 1.09 bits per heavy atom. The average molecular weight is 455 g/mol. The molecule has 1 saturated carbocycles. The first-order valence-corrected chi connectivity index (χ1v) is 11.1. The van der Waals surface area contributed by atoms with Gasteiger partial charge < -0.3 is 25.2 Å². The average Bonchev–Trinajstić information content (AvgIpc) is 2.70. The van der Waals surface area contributed by atoms with Crippen LogP contribution in [0.1, 0.15) is 54.6 Å². The topological polar surface area (TPSA) is 114 Å². The lowest BCUT2D eigenvalue weighted by atomic mass is 9.85. The van der Waals surface area contributed by atoms with Gasteiger partial charge in [0.05, 0.1) is 11.7 Å². The normalized spacial score (nSPS) is 13.2. The summed E-state index contributed by atoms with van der Waals surface area (Å²) >= 11 is 0. The van der Waals surface area contributed by atoms with Gasteiger partial charge in [-0.25, -0.2) is 4.79 Å². The minimum atomic E-state index is -0.951. The summed E-state index contributed by atoms with van der Waals surface area (Å²) in [4.78, 5) is 36.3. The number of phenols is 1. The number of phenolic OH excluding ortho intramolecular Hbond substituents is 1. The first kappa shape index (κ1) is 24.1. The Hall–Kier alpha value is -3.55. The summed E-state index contributed by atoms with van der Waals surface area (Å²) < 4.78 is 10.9. The molecular weight excluding hydrogens is 424 g/mol. The van der Waals surface area contributed by atoms with Crippen molar-refractivity contribution in [2.75, 3.05) is 11.9 Å². The Morgan fingerprint density at radius 3 is 2.33 bits per heavy atom. The van der Waals surface area contributed by atoms with Crippen LogP contribution in [0, 0.1) is 19.8 Å². The fourth-order valence-electron chi connectivity index (χ4n) is 3.54. The number of carbonyl (C=O) groups excluding carboxylic acids is 3. The van der Waals surface area contributed by atoms with Crippen LogP contribution in [0.5, 0.6) is 17.2 Å². The molecule has 2 aromatic rings. The van der Waals surface area contributed by atoms with Gasteiger partial charge in [-0.05, 0) is 87.9 Å². The van der Waals surface area contributed by atoms with Gasteiger partial charge in [-0.2, -0.15) is 0 Å². The van der Waals surface area contributed by atoms with Gasteiger partial charge in [-0.3, -0.25) is 9.59 Å². The molecule has 176 valence electrons. The highest BCUT2D eigenvalue weighted by molar-refractivity contribution is 6.37. The van der Waals surface area contributed by atoms with E-state index in [2.05, 4.69) is 10.6 Å². The molecule has 3 rings (SSSR count). The summed E-state index contributed by atoms with van der Waals surface area (Å²) in [7, 11) is 0. The van der Waals surface area contributed by atoms with E-state index in [9.17, 15) is 19.5 Å². The monoisotopic (exact) mass is 454 g/mol. The predicted octanol–water partition coefficient (Wildman–Crippen LogP) is 4.22. The van der Waals surface area contributed by atoms with Crippen LogP contribution in [0.4, 0.5) is 5.69 Å². The second kappa shape index (κ2) is 10.4. The molecule has 0 unspecified atom stereocenters. The molecule has 2 amide bonds. The molecular formula is C25H30N2O6.